The molecule has 3 rings (SSSR count). The lowest BCUT2D eigenvalue weighted by Gasteiger charge is -2.29. The van der Waals surface area contributed by atoms with Crippen molar-refractivity contribution >= 4 is 28.5 Å². The topological polar surface area (TPSA) is 50.2 Å². The fourth-order valence-corrected chi connectivity index (χ4v) is 3.55. The van der Waals surface area contributed by atoms with Gasteiger partial charge in [-0.1, -0.05) is 31.5 Å². The minimum absolute atomic E-state index is 0.329. The van der Waals surface area contributed by atoms with Gasteiger partial charge in [-0.2, -0.15) is 0 Å². The summed E-state index contributed by atoms with van der Waals surface area (Å²) in [6, 6.07) is 5.26. The summed E-state index contributed by atoms with van der Waals surface area (Å²) in [6.45, 7) is 4.34. The van der Waals surface area contributed by atoms with E-state index in [1.807, 2.05) is 0 Å². The zero-order valence-electron chi connectivity index (χ0n) is 12.2. The molecule has 1 aromatic heterocycles. The van der Waals surface area contributed by atoms with Crippen molar-refractivity contribution in [1.29, 1.82) is 0 Å². The number of halogens is 1. The summed E-state index contributed by atoms with van der Waals surface area (Å²) in [7, 11) is 0. The molecule has 21 heavy (non-hydrogen) atoms. The van der Waals surface area contributed by atoms with Crippen LogP contribution in [0.4, 0.5) is 0 Å². The van der Waals surface area contributed by atoms with Gasteiger partial charge in [-0.05, 0) is 42.9 Å². The number of hydrogen-bond donors (Lipinski definition) is 1. The van der Waals surface area contributed by atoms with Gasteiger partial charge < -0.3 is 5.11 Å². The molecule has 1 heterocycles. The van der Waals surface area contributed by atoms with Crippen LogP contribution in [0.5, 0.6) is 0 Å². The van der Waals surface area contributed by atoms with Gasteiger partial charge in [0.15, 0.2) is 0 Å². The third-order valence-electron chi connectivity index (χ3n) is 4.39. The normalized spacial score (nSPS) is 18.0. The number of pyridine rings is 1. The van der Waals surface area contributed by atoms with Crippen molar-refractivity contribution in [2.75, 3.05) is 0 Å². The lowest BCUT2D eigenvalue weighted by atomic mass is 9.78. The van der Waals surface area contributed by atoms with E-state index in [2.05, 4.69) is 13.8 Å². The first-order valence-electron chi connectivity index (χ1n) is 7.34. The lowest BCUT2D eigenvalue weighted by molar-refractivity contribution is 0.0697. The highest BCUT2D eigenvalue weighted by molar-refractivity contribution is 6.31. The van der Waals surface area contributed by atoms with E-state index in [1.165, 1.54) is 0 Å². The van der Waals surface area contributed by atoms with Crippen molar-refractivity contribution in [1.82, 2.24) is 4.98 Å². The molecule has 0 amide bonds. The molecule has 1 aliphatic carbocycles. The molecule has 1 N–H and O–H groups in total. The van der Waals surface area contributed by atoms with Crippen LogP contribution in [0.1, 0.15) is 54.2 Å². The highest BCUT2D eigenvalue weighted by Gasteiger charge is 2.29. The number of carboxylic acid groups (broad SMARTS) is 1. The zero-order valence-corrected chi connectivity index (χ0v) is 12.9. The average Bonchev–Trinajstić information content (AvgIpc) is 2.43. The van der Waals surface area contributed by atoms with E-state index < -0.39 is 5.97 Å². The molecule has 0 fully saturated rings. The molecule has 1 aliphatic rings. The Labute approximate surface area is 129 Å². The number of rotatable bonds is 2. The number of benzene rings is 1. The molecule has 0 saturated heterocycles. The summed E-state index contributed by atoms with van der Waals surface area (Å²) in [5.74, 6) is -0.0876. The lowest BCUT2D eigenvalue weighted by Crippen LogP contribution is -2.20. The third-order valence-corrected chi connectivity index (χ3v) is 4.63. The first-order chi connectivity index (χ1) is 9.99. The number of nitrogens with zero attached hydrogens (tertiary/aromatic N) is 1. The van der Waals surface area contributed by atoms with Crippen LogP contribution in [-0.2, 0) is 6.42 Å². The van der Waals surface area contributed by atoms with E-state index >= 15 is 0 Å². The molecule has 1 unspecified atom stereocenters. The van der Waals surface area contributed by atoms with E-state index in [4.69, 9.17) is 16.6 Å². The Hall–Kier alpha value is -1.61. The van der Waals surface area contributed by atoms with Gasteiger partial charge in [0.05, 0.1) is 11.1 Å². The predicted molar refractivity (Wildman–Crippen MR) is 84.2 cm³/mol. The van der Waals surface area contributed by atoms with E-state index in [0.29, 0.717) is 33.3 Å². The molecule has 0 spiro atoms. The number of aromatic nitrogens is 1. The zero-order chi connectivity index (χ0) is 15.1. The first-order valence-corrected chi connectivity index (χ1v) is 7.72. The highest BCUT2D eigenvalue weighted by atomic mass is 35.5. The SMILES string of the molecule is CC(C)C1CCCc2c1nc1cc(Cl)ccc1c2C(=O)O. The molecule has 3 nitrogen and oxygen atoms in total. The van der Waals surface area contributed by atoms with Gasteiger partial charge >= 0.3 is 5.97 Å². The van der Waals surface area contributed by atoms with Crippen molar-refractivity contribution in [2.45, 2.75) is 39.0 Å². The van der Waals surface area contributed by atoms with Gasteiger partial charge in [0.1, 0.15) is 0 Å². The second-order valence-electron chi connectivity index (χ2n) is 6.06. The number of aromatic carboxylic acids is 1. The summed E-state index contributed by atoms with van der Waals surface area (Å²) in [5, 5.41) is 10.9. The van der Waals surface area contributed by atoms with Gasteiger partial charge in [0.25, 0.3) is 0 Å². The fraction of sp³-hybridized carbons (Fsp3) is 0.412. The monoisotopic (exact) mass is 303 g/mol. The number of carbonyl (C=O) groups is 1. The van der Waals surface area contributed by atoms with Crippen molar-refractivity contribution in [2.24, 2.45) is 5.92 Å². The first kappa shape index (κ1) is 14.3. The summed E-state index contributed by atoms with van der Waals surface area (Å²) in [6.07, 6.45) is 2.89. The Morgan fingerprint density at radius 1 is 1.43 bits per heavy atom. The maximum Gasteiger partial charge on any atom is 0.336 e. The third kappa shape index (κ3) is 2.40. The molecule has 0 radical (unpaired) electrons. The molecule has 0 bridgehead atoms. The molecule has 0 aliphatic heterocycles. The predicted octanol–water partition coefficient (Wildman–Crippen LogP) is 4.66. The Morgan fingerprint density at radius 2 is 2.19 bits per heavy atom. The molecule has 1 atom stereocenters. The maximum atomic E-state index is 11.8. The maximum absolute atomic E-state index is 11.8. The molecule has 2 aromatic rings. The van der Waals surface area contributed by atoms with Crippen LogP contribution in [0.25, 0.3) is 10.9 Å². The standard InChI is InChI=1S/C17H18ClNO2/c1-9(2)11-4-3-5-13-15(17(20)21)12-7-6-10(18)8-14(12)19-16(11)13/h6-9,11H,3-5H2,1-2H3,(H,20,21). The second-order valence-corrected chi connectivity index (χ2v) is 6.50. The van der Waals surface area contributed by atoms with Gasteiger partial charge in [-0.3, -0.25) is 4.98 Å². The van der Waals surface area contributed by atoms with E-state index in [1.54, 1.807) is 18.2 Å². The second kappa shape index (κ2) is 5.30. The summed E-state index contributed by atoms with van der Waals surface area (Å²) in [4.78, 5) is 16.6. The summed E-state index contributed by atoms with van der Waals surface area (Å²) >= 11 is 6.05. The van der Waals surface area contributed by atoms with E-state index in [0.717, 1.165) is 30.5 Å². The Kier molecular flexibility index (Phi) is 3.62. The molecule has 4 heteroatoms. The van der Waals surface area contributed by atoms with Crippen molar-refractivity contribution in [3.63, 3.8) is 0 Å². The van der Waals surface area contributed by atoms with Crippen LogP contribution in [0, 0.1) is 5.92 Å². The van der Waals surface area contributed by atoms with Crippen LogP contribution < -0.4 is 0 Å². The van der Waals surface area contributed by atoms with Crippen molar-refractivity contribution in [3.8, 4) is 0 Å². The molecule has 1 aromatic carbocycles. The Balaban J connectivity index is 2.36. The van der Waals surface area contributed by atoms with Gasteiger partial charge in [-0.15, -0.1) is 0 Å². The molecule has 0 saturated carbocycles. The minimum Gasteiger partial charge on any atom is -0.478 e. The molecular weight excluding hydrogens is 286 g/mol. The van der Waals surface area contributed by atoms with E-state index in [9.17, 15) is 9.90 Å². The summed E-state index contributed by atoms with van der Waals surface area (Å²) < 4.78 is 0. The number of fused-ring (bicyclic) bond motifs is 2. The number of hydrogen-bond acceptors (Lipinski definition) is 2. The Bertz CT molecular complexity index is 724. The molecule has 110 valence electrons. The number of carboxylic acids is 1. The van der Waals surface area contributed by atoms with Crippen LogP contribution >= 0.6 is 11.6 Å². The highest BCUT2D eigenvalue weighted by Crippen LogP contribution is 2.39. The average molecular weight is 304 g/mol. The van der Waals surface area contributed by atoms with Crippen LogP contribution in [0.2, 0.25) is 5.02 Å². The van der Waals surface area contributed by atoms with Crippen LogP contribution in [-0.4, -0.2) is 16.1 Å². The fourth-order valence-electron chi connectivity index (χ4n) is 3.39. The summed E-state index contributed by atoms with van der Waals surface area (Å²) in [5.41, 5.74) is 2.98. The van der Waals surface area contributed by atoms with Gasteiger partial charge in [0.2, 0.25) is 0 Å². The van der Waals surface area contributed by atoms with E-state index in [-0.39, 0.29) is 0 Å². The minimum atomic E-state index is -0.870. The van der Waals surface area contributed by atoms with Gasteiger partial charge in [-0.25, -0.2) is 4.79 Å². The van der Waals surface area contributed by atoms with Crippen LogP contribution in [0.3, 0.4) is 0 Å². The molecular formula is C17H18ClNO2. The van der Waals surface area contributed by atoms with Crippen molar-refractivity contribution in [3.05, 3.63) is 40.0 Å². The quantitative estimate of drug-likeness (QED) is 0.877. The van der Waals surface area contributed by atoms with Crippen LogP contribution in [0.15, 0.2) is 18.2 Å². The largest absolute Gasteiger partial charge is 0.478 e. The van der Waals surface area contributed by atoms with Gasteiger partial charge in [0, 0.05) is 22.0 Å². The van der Waals surface area contributed by atoms with Crippen molar-refractivity contribution < 1.29 is 9.90 Å². The Morgan fingerprint density at radius 3 is 2.86 bits per heavy atom. The smallest absolute Gasteiger partial charge is 0.336 e.